The number of carboxylic acids is 1. The molecular formula is C11H9FO4. The standard InChI is InChI=1S/C11H9FO4/c1-5-8(10(13)11(14)15)9-6(12)3-2-4-7(9)16-5/h2-4,10,13H,1H3,(H,14,15). The summed E-state index contributed by atoms with van der Waals surface area (Å²) in [4.78, 5) is 10.7. The molecule has 0 fully saturated rings. The first-order chi connectivity index (χ1) is 7.52. The summed E-state index contributed by atoms with van der Waals surface area (Å²) in [6.07, 6.45) is -1.78. The number of aliphatic hydroxyl groups excluding tert-OH is 1. The van der Waals surface area contributed by atoms with Gasteiger partial charge < -0.3 is 14.6 Å². The normalized spacial score (nSPS) is 12.9. The zero-order valence-corrected chi connectivity index (χ0v) is 8.40. The van der Waals surface area contributed by atoms with E-state index >= 15 is 0 Å². The minimum Gasteiger partial charge on any atom is -0.479 e. The summed E-state index contributed by atoms with van der Waals surface area (Å²) in [5, 5.41) is 18.2. The molecule has 0 aliphatic heterocycles. The predicted molar refractivity (Wildman–Crippen MR) is 53.5 cm³/mol. The van der Waals surface area contributed by atoms with Crippen LogP contribution in [0, 0.1) is 12.7 Å². The van der Waals surface area contributed by atoms with Gasteiger partial charge in [0.1, 0.15) is 17.2 Å². The highest BCUT2D eigenvalue weighted by atomic mass is 19.1. The SMILES string of the molecule is Cc1oc2cccc(F)c2c1C(O)C(=O)O. The Hall–Kier alpha value is -1.88. The number of aliphatic carboxylic acids is 1. The van der Waals surface area contributed by atoms with Gasteiger partial charge in [-0.05, 0) is 19.1 Å². The Morgan fingerprint density at radius 3 is 2.81 bits per heavy atom. The van der Waals surface area contributed by atoms with Crippen molar-refractivity contribution in [3.63, 3.8) is 0 Å². The lowest BCUT2D eigenvalue weighted by Gasteiger charge is -2.04. The van der Waals surface area contributed by atoms with Crippen LogP contribution in [-0.2, 0) is 4.79 Å². The first-order valence-electron chi connectivity index (χ1n) is 4.60. The lowest BCUT2D eigenvalue weighted by atomic mass is 10.1. The molecule has 16 heavy (non-hydrogen) atoms. The molecule has 4 nitrogen and oxygen atoms in total. The average Bonchev–Trinajstić information content (AvgIpc) is 2.54. The Morgan fingerprint density at radius 1 is 1.50 bits per heavy atom. The predicted octanol–water partition coefficient (Wildman–Crippen LogP) is 2.00. The summed E-state index contributed by atoms with van der Waals surface area (Å²) in [6.45, 7) is 1.49. The summed E-state index contributed by atoms with van der Waals surface area (Å²) < 4.78 is 18.7. The molecule has 0 radical (unpaired) electrons. The molecule has 0 saturated heterocycles. The van der Waals surface area contributed by atoms with Crippen LogP contribution in [0.5, 0.6) is 0 Å². The van der Waals surface area contributed by atoms with Crippen molar-refractivity contribution in [3.05, 3.63) is 35.3 Å². The first-order valence-corrected chi connectivity index (χ1v) is 4.60. The monoisotopic (exact) mass is 224 g/mol. The molecule has 0 spiro atoms. The van der Waals surface area contributed by atoms with Gasteiger partial charge in [-0.1, -0.05) is 6.07 Å². The maximum atomic E-state index is 13.5. The molecular weight excluding hydrogens is 215 g/mol. The second-order valence-electron chi connectivity index (χ2n) is 3.43. The van der Waals surface area contributed by atoms with Crippen molar-refractivity contribution < 1.29 is 23.8 Å². The molecule has 2 N–H and O–H groups in total. The fourth-order valence-electron chi connectivity index (χ4n) is 1.70. The molecule has 0 aliphatic carbocycles. The first kappa shape index (κ1) is 10.6. The van der Waals surface area contributed by atoms with E-state index in [-0.39, 0.29) is 22.3 Å². The van der Waals surface area contributed by atoms with E-state index < -0.39 is 17.9 Å². The molecule has 0 saturated carbocycles. The van der Waals surface area contributed by atoms with Gasteiger partial charge in [0.2, 0.25) is 0 Å². The number of aliphatic hydroxyl groups is 1. The fraction of sp³-hybridized carbons (Fsp3) is 0.182. The minimum atomic E-state index is -1.78. The minimum absolute atomic E-state index is 0.0231. The number of benzene rings is 1. The molecule has 1 aromatic carbocycles. The van der Waals surface area contributed by atoms with E-state index in [4.69, 9.17) is 9.52 Å². The fourth-order valence-corrected chi connectivity index (χ4v) is 1.70. The highest BCUT2D eigenvalue weighted by Crippen LogP contribution is 2.32. The van der Waals surface area contributed by atoms with E-state index in [2.05, 4.69) is 0 Å². The maximum Gasteiger partial charge on any atom is 0.337 e. The molecule has 5 heteroatoms. The Kier molecular flexibility index (Phi) is 2.40. The number of fused-ring (bicyclic) bond motifs is 1. The van der Waals surface area contributed by atoms with Crippen molar-refractivity contribution >= 4 is 16.9 Å². The van der Waals surface area contributed by atoms with Crippen molar-refractivity contribution in [1.82, 2.24) is 0 Å². The van der Waals surface area contributed by atoms with Crippen LogP contribution in [0.4, 0.5) is 4.39 Å². The van der Waals surface area contributed by atoms with E-state index in [9.17, 15) is 14.3 Å². The van der Waals surface area contributed by atoms with Crippen LogP contribution >= 0.6 is 0 Å². The van der Waals surface area contributed by atoms with Crippen molar-refractivity contribution in [1.29, 1.82) is 0 Å². The number of aryl methyl sites for hydroxylation is 1. The van der Waals surface area contributed by atoms with Gasteiger partial charge in [0.15, 0.2) is 6.10 Å². The van der Waals surface area contributed by atoms with Crippen LogP contribution < -0.4 is 0 Å². The summed E-state index contributed by atoms with van der Waals surface area (Å²) in [5.41, 5.74) is 0.202. The number of rotatable bonds is 2. The maximum absolute atomic E-state index is 13.5. The van der Waals surface area contributed by atoms with Crippen LogP contribution in [-0.4, -0.2) is 16.2 Å². The number of carbonyl (C=O) groups is 1. The zero-order chi connectivity index (χ0) is 11.9. The van der Waals surface area contributed by atoms with E-state index in [1.165, 1.54) is 25.1 Å². The average molecular weight is 224 g/mol. The topological polar surface area (TPSA) is 70.7 Å². The Morgan fingerprint density at radius 2 is 2.19 bits per heavy atom. The highest BCUT2D eigenvalue weighted by Gasteiger charge is 2.25. The third kappa shape index (κ3) is 1.45. The van der Waals surface area contributed by atoms with Gasteiger partial charge in [0, 0.05) is 5.56 Å². The van der Waals surface area contributed by atoms with Gasteiger partial charge in [-0.3, -0.25) is 0 Å². The van der Waals surface area contributed by atoms with E-state index in [1.807, 2.05) is 0 Å². The second kappa shape index (κ2) is 3.61. The quantitative estimate of drug-likeness (QED) is 0.818. The van der Waals surface area contributed by atoms with Gasteiger partial charge in [0.25, 0.3) is 0 Å². The van der Waals surface area contributed by atoms with Gasteiger partial charge in [-0.2, -0.15) is 0 Å². The molecule has 2 aromatic rings. The van der Waals surface area contributed by atoms with Crippen LogP contribution in [0.25, 0.3) is 11.0 Å². The molecule has 1 heterocycles. The van der Waals surface area contributed by atoms with Crippen molar-refractivity contribution in [2.24, 2.45) is 0 Å². The number of hydrogen-bond acceptors (Lipinski definition) is 3. The van der Waals surface area contributed by atoms with Crippen molar-refractivity contribution in [3.8, 4) is 0 Å². The Balaban J connectivity index is 2.77. The van der Waals surface area contributed by atoms with Crippen LogP contribution in [0.1, 0.15) is 17.4 Å². The van der Waals surface area contributed by atoms with Crippen LogP contribution in [0.15, 0.2) is 22.6 Å². The highest BCUT2D eigenvalue weighted by molar-refractivity contribution is 5.88. The number of carboxylic acid groups (broad SMARTS) is 1. The zero-order valence-electron chi connectivity index (χ0n) is 8.40. The van der Waals surface area contributed by atoms with Gasteiger partial charge >= 0.3 is 5.97 Å². The van der Waals surface area contributed by atoms with Gasteiger partial charge in [0.05, 0.1) is 5.39 Å². The third-order valence-electron chi connectivity index (χ3n) is 2.39. The van der Waals surface area contributed by atoms with E-state index in [1.54, 1.807) is 0 Å². The lowest BCUT2D eigenvalue weighted by molar-refractivity contribution is -0.146. The molecule has 1 aromatic heterocycles. The number of hydrogen-bond donors (Lipinski definition) is 2. The largest absolute Gasteiger partial charge is 0.479 e. The number of furan rings is 1. The van der Waals surface area contributed by atoms with Crippen LogP contribution in [0.2, 0.25) is 0 Å². The Labute approximate surface area is 89.9 Å². The Bertz CT molecular complexity index is 558. The van der Waals surface area contributed by atoms with Crippen molar-refractivity contribution in [2.75, 3.05) is 0 Å². The number of halogens is 1. The molecule has 2 rings (SSSR count). The van der Waals surface area contributed by atoms with E-state index in [0.29, 0.717) is 0 Å². The molecule has 0 aliphatic rings. The molecule has 84 valence electrons. The van der Waals surface area contributed by atoms with E-state index in [0.717, 1.165) is 0 Å². The van der Waals surface area contributed by atoms with Gasteiger partial charge in [-0.25, -0.2) is 9.18 Å². The van der Waals surface area contributed by atoms with Crippen LogP contribution in [0.3, 0.4) is 0 Å². The smallest absolute Gasteiger partial charge is 0.337 e. The summed E-state index contributed by atoms with van der Waals surface area (Å²) in [7, 11) is 0. The summed E-state index contributed by atoms with van der Waals surface area (Å²) in [6, 6.07) is 4.16. The lowest BCUT2D eigenvalue weighted by Crippen LogP contribution is -2.11. The summed E-state index contributed by atoms with van der Waals surface area (Å²) in [5.74, 6) is -1.84. The molecule has 1 atom stereocenters. The van der Waals surface area contributed by atoms with Gasteiger partial charge in [-0.15, -0.1) is 0 Å². The summed E-state index contributed by atoms with van der Waals surface area (Å²) >= 11 is 0. The molecule has 1 unspecified atom stereocenters. The third-order valence-corrected chi connectivity index (χ3v) is 2.39. The van der Waals surface area contributed by atoms with Crippen molar-refractivity contribution in [2.45, 2.75) is 13.0 Å². The second-order valence-corrected chi connectivity index (χ2v) is 3.43. The molecule has 0 amide bonds. The molecule has 0 bridgehead atoms.